The molecule has 0 bridgehead atoms. The van der Waals surface area contributed by atoms with Crippen LogP contribution in [0.4, 0.5) is 4.39 Å². The summed E-state index contributed by atoms with van der Waals surface area (Å²) in [5, 5.41) is 5.04. The third-order valence-corrected chi connectivity index (χ3v) is 5.53. The number of nitrogens with one attached hydrogen (secondary N) is 1. The maximum absolute atomic E-state index is 13.6. The summed E-state index contributed by atoms with van der Waals surface area (Å²) in [7, 11) is 0. The lowest BCUT2D eigenvalue weighted by atomic mass is 9.99. The van der Waals surface area contributed by atoms with Crippen LogP contribution in [0.25, 0.3) is 0 Å². The molecule has 1 aliphatic rings. The molecular weight excluding hydrogens is 283 g/mol. The van der Waals surface area contributed by atoms with Crippen LogP contribution in [0.5, 0.6) is 0 Å². The van der Waals surface area contributed by atoms with Gasteiger partial charge in [0.1, 0.15) is 5.82 Å². The number of aryl methyl sites for hydroxylation is 2. The van der Waals surface area contributed by atoms with E-state index in [1.807, 2.05) is 37.7 Å². The molecule has 1 unspecified atom stereocenters. The normalized spacial score (nSPS) is 18.2. The van der Waals surface area contributed by atoms with E-state index in [4.69, 9.17) is 0 Å². The van der Waals surface area contributed by atoms with E-state index in [1.165, 1.54) is 12.8 Å². The molecule has 0 saturated carbocycles. The molecule has 0 aliphatic carbocycles. The summed E-state index contributed by atoms with van der Waals surface area (Å²) in [6.45, 7) is 9.77. The molecule has 1 aliphatic heterocycles. The highest BCUT2D eigenvalue weighted by Gasteiger charge is 2.25. The number of nitrogens with zero attached hydrogens (tertiary/aromatic N) is 1. The highest BCUT2D eigenvalue weighted by Crippen LogP contribution is 2.30. The van der Waals surface area contributed by atoms with E-state index in [2.05, 4.69) is 24.2 Å². The number of aliphatic imine (C=N–C) groups is 1. The first-order chi connectivity index (χ1) is 10.0. The van der Waals surface area contributed by atoms with Crippen LogP contribution >= 0.6 is 11.8 Å². The van der Waals surface area contributed by atoms with Gasteiger partial charge in [0.2, 0.25) is 0 Å². The van der Waals surface area contributed by atoms with Gasteiger partial charge < -0.3 is 5.32 Å². The van der Waals surface area contributed by atoms with E-state index < -0.39 is 0 Å². The molecule has 0 spiro atoms. The molecule has 21 heavy (non-hydrogen) atoms. The van der Waals surface area contributed by atoms with Gasteiger partial charge in [-0.15, -0.1) is 0 Å². The topological polar surface area (TPSA) is 24.4 Å². The Morgan fingerprint density at radius 1 is 1.29 bits per heavy atom. The number of amidine groups is 1. The minimum Gasteiger partial charge on any atom is -0.361 e. The van der Waals surface area contributed by atoms with Crippen LogP contribution in [0.2, 0.25) is 0 Å². The third-order valence-electron chi connectivity index (χ3n) is 4.19. The highest BCUT2D eigenvalue weighted by atomic mass is 32.2. The second-order valence-corrected chi connectivity index (χ2v) is 7.00. The van der Waals surface area contributed by atoms with Gasteiger partial charge in [-0.2, -0.15) is 0 Å². The third kappa shape index (κ3) is 4.00. The molecule has 2 rings (SSSR count). The fourth-order valence-electron chi connectivity index (χ4n) is 2.86. The van der Waals surface area contributed by atoms with E-state index in [0.29, 0.717) is 22.9 Å². The minimum absolute atomic E-state index is 0.0971. The zero-order chi connectivity index (χ0) is 15.4. The van der Waals surface area contributed by atoms with Gasteiger partial charge in [-0.05, 0) is 36.5 Å². The van der Waals surface area contributed by atoms with Crippen LogP contribution in [-0.4, -0.2) is 17.0 Å². The van der Waals surface area contributed by atoms with Crippen molar-refractivity contribution in [1.29, 1.82) is 0 Å². The zero-order valence-corrected chi connectivity index (χ0v) is 14.2. The van der Waals surface area contributed by atoms with E-state index in [-0.39, 0.29) is 5.82 Å². The molecule has 0 aromatic heterocycles. The van der Waals surface area contributed by atoms with Crippen molar-refractivity contribution in [3.05, 3.63) is 34.6 Å². The van der Waals surface area contributed by atoms with Crippen molar-refractivity contribution in [3.63, 3.8) is 0 Å². The lowest BCUT2D eigenvalue weighted by Gasteiger charge is -2.18. The summed E-state index contributed by atoms with van der Waals surface area (Å²) >= 11 is 1.86. The first kappa shape index (κ1) is 16.3. The first-order valence-corrected chi connectivity index (χ1v) is 8.63. The molecule has 1 heterocycles. The van der Waals surface area contributed by atoms with Crippen LogP contribution in [0.1, 0.15) is 43.4 Å². The number of hydrogen-bond acceptors (Lipinski definition) is 3. The second kappa shape index (κ2) is 7.30. The van der Waals surface area contributed by atoms with Crippen LogP contribution in [0.15, 0.2) is 17.1 Å². The van der Waals surface area contributed by atoms with E-state index in [9.17, 15) is 4.39 Å². The van der Waals surface area contributed by atoms with E-state index >= 15 is 0 Å². The molecule has 4 heteroatoms. The van der Waals surface area contributed by atoms with Crippen LogP contribution < -0.4 is 5.32 Å². The van der Waals surface area contributed by atoms with Crippen molar-refractivity contribution in [2.45, 2.75) is 52.3 Å². The van der Waals surface area contributed by atoms with Crippen LogP contribution in [0, 0.1) is 25.6 Å². The Kier molecular flexibility index (Phi) is 5.68. The molecule has 0 saturated heterocycles. The summed E-state index contributed by atoms with van der Waals surface area (Å²) in [5.41, 5.74) is 2.53. The van der Waals surface area contributed by atoms with E-state index in [0.717, 1.165) is 23.2 Å². The quantitative estimate of drug-likeness (QED) is 0.869. The van der Waals surface area contributed by atoms with E-state index in [1.54, 1.807) is 0 Å². The fourth-order valence-corrected chi connectivity index (χ4v) is 4.18. The van der Waals surface area contributed by atoms with Gasteiger partial charge in [-0.1, -0.05) is 50.6 Å². The van der Waals surface area contributed by atoms with Gasteiger partial charge in [0.25, 0.3) is 0 Å². The smallest absolute Gasteiger partial charge is 0.157 e. The van der Waals surface area contributed by atoms with Crippen molar-refractivity contribution in [2.24, 2.45) is 10.9 Å². The van der Waals surface area contributed by atoms with Gasteiger partial charge in [0, 0.05) is 11.8 Å². The Bertz CT molecular complexity index is 501. The first-order valence-electron chi connectivity index (χ1n) is 7.75. The van der Waals surface area contributed by atoms with Gasteiger partial charge in [-0.25, -0.2) is 4.39 Å². The summed E-state index contributed by atoms with van der Waals surface area (Å²) in [5.74, 6) is 0.647. The molecule has 0 fully saturated rings. The molecule has 1 atom stereocenters. The number of thioether (sulfide) groups is 1. The predicted octanol–water partition coefficient (Wildman–Crippen LogP) is 4.44. The van der Waals surface area contributed by atoms with Crippen LogP contribution in [0.3, 0.4) is 0 Å². The maximum Gasteiger partial charge on any atom is 0.157 e. The molecule has 1 N–H and O–H groups in total. The number of hydrogen-bond donors (Lipinski definition) is 1. The molecular formula is C17H25FN2S. The Hall–Kier alpha value is -1.03. The number of rotatable bonds is 5. The standard InChI is InChI=1S/C17H25FN2S/c1-5-14(6-2)15-10-20-17(21-15)19-9-13-7-11(3)16(18)12(4)8-13/h7-8,14-15H,5-6,9-10H2,1-4H3,(H,19,20). The average Bonchev–Trinajstić information content (AvgIpc) is 2.92. The molecule has 0 radical (unpaired) electrons. The molecule has 1 aromatic rings. The number of benzene rings is 1. The lowest BCUT2D eigenvalue weighted by Crippen LogP contribution is -2.21. The average molecular weight is 308 g/mol. The molecule has 116 valence electrons. The maximum atomic E-state index is 13.6. The number of halogens is 1. The van der Waals surface area contributed by atoms with Crippen molar-refractivity contribution in [1.82, 2.24) is 5.32 Å². The van der Waals surface area contributed by atoms with Gasteiger partial charge >= 0.3 is 0 Å². The van der Waals surface area contributed by atoms with Crippen molar-refractivity contribution in [2.75, 3.05) is 6.54 Å². The monoisotopic (exact) mass is 308 g/mol. The van der Waals surface area contributed by atoms with Gasteiger partial charge in [0.15, 0.2) is 5.17 Å². The Morgan fingerprint density at radius 3 is 2.48 bits per heavy atom. The van der Waals surface area contributed by atoms with Crippen LogP contribution in [-0.2, 0) is 6.54 Å². The highest BCUT2D eigenvalue weighted by molar-refractivity contribution is 8.14. The van der Waals surface area contributed by atoms with Crippen molar-refractivity contribution >= 4 is 16.9 Å². The Morgan fingerprint density at radius 2 is 1.90 bits per heavy atom. The Balaban J connectivity index is 1.90. The molecule has 1 aromatic carbocycles. The van der Waals surface area contributed by atoms with Crippen molar-refractivity contribution < 1.29 is 4.39 Å². The minimum atomic E-state index is -0.0971. The molecule has 2 nitrogen and oxygen atoms in total. The Labute approximate surface area is 131 Å². The summed E-state index contributed by atoms with van der Waals surface area (Å²) < 4.78 is 13.6. The summed E-state index contributed by atoms with van der Waals surface area (Å²) in [6, 6.07) is 3.82. The predicted molar refractivity (Wildman–Crippen MR) is 90.5 cm³/mol. The second-order valence-electron chi connectivity index (χ2n) is 5.78. The molecule has 0 amide bonds. The fraction of sp³-hybridized carbons (Fsp3) is 0.588. The largest absolute Gasteiger partial charge is 0.361 e. The SMILES string of the molecule is CCC(CC)C1CN=C(NCc2cc(C)c(F)c(C)c2)S1. The van der Waals surface area contributed by atoms with Gasteiger partial charge in [-0.3, -0.25) is 4.99 Å². The van der Waals surface area contributed by atoms with Gasteiger partial charge in [0.05, 0.1) is 6.54 Å². The zero-order valence-electron chi connectivity index (χ0n) is 13.4. The summed E-state index contributed by atoms with van der Waals surface area (Å²) in [6.07, 6.45) is 2.43. The summed E-state index contributed by atoms with van der Waals surface area (Å²) in [4.78, 5) is 4.61. The lowest BCUT2D eigenvalue weighted by molar-refractivity contribution is 0.479. The van der Waals surface area contributed by atoms with Crippen molar-refractivity contribution in [3.8, 4) is 0 Å².